The van der Waals surface area contributed by atoms with E-state index in [0.717, 1.165) is 10.5 Å². The Balaban J connectivity index is 1.73. The van der Waals surface area contributed by atoms with E-state index in [1.165, 1.54) is 36.0 Å². The van der Waals surface area contributed by atoms with Crippen LogP contribution in [0.4, 0.5) is 10.1 Å². The number of thioether (sulfide) groups is 1. The number of amides is 2. The number of carbonyl (C=O) groups excluding carboxylic acids is 2. The lowest BCUT2D eigenvalue weighted by atomic mass is 10.1. The van der Waals surface area contributed by atoms with Gasteiger partial charge < -0.3 is 0 Å². The van der Waals surface area contributed by atoms with Crippen LogP contribution in [0, 0.1) is 5.82 Å². The lowest BCUT2D eigenvalue weighted by molar-refractivity contribution is -0.119. The van der Waals surface area contributed by atoms with E-state index in [4.69, 9.17) is 0 Å². The Morgan fingerprint density at radius 1 is 0.750 bits per heavy atom. The second-order valence-corrected chi connectivity index (χ2v) is 7.25. The molecular formula is C23H16FNO2S. The Labute approximate surface area is 166 Å². The quantitative estimate of drug-likeness (QED) is 0.574. The van der Waals surface area contributed by atoms with Crippen LogP contribution in [0.5, 0.6) is 0 Å². The molecule has 0 bridgehead atoms. The highest BCUT2D eigenvalue weighted by Gasteiger charge is 2.40. The van der Waals surface area contributed by atoms with E-state index in [-0.39, 0.29) is 5.91 Å². The van der Waals surface area contributed by atoms with Gasteiger partial charge in [-0.1, -0.05) is 60.7 Å². The molecule has 1 heterocycles. The molecule has 0 saturated carbocycles. The third-order valence-electron chi connectivity index (χ3n) is 4.41. The molecule has 0 aliphatic carbocycles. The molecule has 0 radical (unpaired) electrons. The van der Waals surface area contributed by atoms with Crippen molar-refractivity contribution in [3.8, 4) is 0 Å². The van der Waals surface area contributed by atoms with Gasteiger partial charge in [-0.15, -0.1) is 11.8 Å². The fourth-order valence-corrected chi connectivity index (χ4v) is 4.13. The normalized spacial score (nSPS) is 14.1. The van der Waals surface area contributed by atoms with Crippen LogP contribution in [0.1, 0.15) is 11.1 Å². The summed E-state index contributed by atoms with van der Waals surface area (Å²) in [5.41, 5.74) is 2.50. The van der Waals surface area contributed by atoms with Crippen molar-refractivity contribution in [2.45, 2.75) is 5.75 Å². The zero-order valence-corrected chi connectivity index (χ0v) is 15.7. The van der Waals surface area contributed by atoms with Crippen LogP contribution in [0.15, 0.2) is 89.8 Å². The first-order valence-electron chi connectivity index (χ1n) is 8.76. The zero-order chi connectivity index (χ0) is 19.5. The molecule has 0 N–H and O–H groups in total. The van der Waals surface area contributed by atoms with Crippen molar-refractivity contribution in [1.29, 1.82) is 0 Å². The van der Waals surface area contributed by atoms with Crippen LogP contribution in [-0.4, -0.2) is 11.8 Å². The Morgan fingerprint density at radius 3 is 2.00 bits per heavy atom. The molecule has 1 aliphatic heterocycles. The fourth-order valence-electron chi connectivity index (χ4n) is 3.06. The lowest BCUT2D eigenvalue weighted by Crippen LogP contribution is -2.31. The number of halogens is 1. The summed E-state index contributed by atoms with van der Waals surface area (Å²) in [4.78, 5) is 27.8. The van der Waals surface area contributed by atoms with Crippen LogP contribution in [0.3, 0.4) is 0 Å². The van der Waals surface area contributed by atoms with Gasteiger partial charge in [0, 0.05) is 5.75 Å². The summed E-state index contributed by atoms with van der Waals surface area (Å²) in [6, 6.07) is 24.3. The van der Waals surface area contributed by atoms with Gasteiger partial charge >= 0.3 is 0 Å². The Bertz CT molecular complexity index is 1050. The minimum Gasteiger partial charge on any atom is -0.268 e. The van der Waals surface area contributed by atoms with Gasteiger partial charge in [0.25, 0.3) is 11.8 Å². The van der Waals surface area contributed by atoms with Gasteiger partial charge in [0.2, 0.25) is 0 Å². The van der Waals surface area contributed by atoms with Crippen molar-refractivity contribution < 1.29 is 14.0 Å². The Hall–Kier alpha value is -3.18. The van der Waals surface area contributed by atoms with Crippen LogP contribution >= 0.6 is 11.8 Å². The second-order valence-electron chi connectivity index (χ2n) is 6.27. The average Bonchev–Trinajstić information content (AvgIpc) is 2.98. The molecular weight excluding hydrogens is 373 g/mol. The van der Waals surface area contributed by atoms with E-state index in [1.807, 2.05) is 60.7 Å². The molecule has 0 spiro atoms. The lowest BCUT2D eigenvalue weighted by Gasteiger charge is -2.15. The third kappa shape index (κ3) is 3.49. The number of anilines is 1. The van der Waals surface area contributed by atoms with Crippen LogP contribution in [-0.2, 0) is 15.3 Å². The number of carbonyl (C=O) groups is 2. The summed E-state index contributed by atoms with van der Waals surface area (Å²) >= 11 is 1.35. The first-order chi connectivity index (χ1) is 13.6. The van der Waals surface area contributed by atoms with Crippen molar-refractivity contribution in [3.05, 3.63) is 107 Å². The summed E-state index contributed by atoms with van der Waals surface area (Å²) in [5, 5.41) is 0. The molecule has 5 heteroatoms. The number of hydrogen-bond donors (Lipinski definition) is 0. The van der Waals surface area contributed by atoms with E-state index in [0.29, 0.717) is 27.5 Å². The summed E-state index contributed by atoms with van der Waals surface area (Å²) in [5.74, 6) is -0.615. The smallest absolute Gasteiger partial charge is 0.268 e. The van der Waals surface area contributed by atoms with Gasteiger partial charge in [0.1, 0.15) is 5.82 Å². The van der Waals surface area contributed by atoms with Crippen molar-refractivity contribution in [2.75, 3.05) is 4.90 Å². The van der Waals surface area contributed by atoms with Crippen molar-refractivity contribution in [2.24, 2.45) is 0 Å². The highest BCUT2D eigenvalue weighted by molar-refractivity contribution is 8.03. The summed E-state index contributed by atoms with van der Waals surface area (Å²) < 4.78 is 13.3. The standard InChI is InChI=1S/C23H16FNO2S/c24-18-11-13-19(14-12-18)25-22(26)20(17-9-5-2-6-10-17)21(23(25)27)28-15-16-7-3-1-4-8-16/h1-14H,15H2. The molecule has 28 heavy (non-hydrogen) atoms. The molecule has 0 fully saturated rings. The van der Waals surface area contributed by atoms with E-state index in [9.17, 15) is 14.0 Å². The van der Waals surface area contributed by atoms with Crippen molar-refractivity contribution in [1.82, 2.24) is 0 Å². The monoisotopic (exact) mass is 389 g/mol. The van der Waals surface area contributed by atoms with Crippen LogP contribution in [0.2, 0.25) is 0 Å². The third-order valence-corrected chi connectivity index (χ3v) is 5.56. The minimum absolute atomic E-state index is 0.361. The molecule has 0 unspecified atom stereocenters. The maximum atomic E-state index is 13.3. The van der Waals surface area contributed by atoms with Gasteiger partial charge in [-0.2, -0.15) is 0 Å². The molecule has 0 aromatic heterocycles. The molecule has 3 nitrogen and oxygen atoms in total. The molecule has 1 aliphatic rings. The first kappa shape index (κ1) is 18.2. The highest BCUT2D eigenvalue weighted by Crippen LogP contribution is 2.39. The Morgan fingerprint density at radius 2 is 1.36 bits per heavy atom. The number of benzene rings is 3. The van der Waals surface area contributed by atoms with Crippen molar-refractivity contribution >= 4 is 34.8 Å². The van der Waals surface area contributed by atoms with E-state index < -0.39 is 11.7 Å². The fraction of sp³-hybridized carbons (Fsp3) is 0.0435. The molecule has 2 amide bonds. The maximum absolute atomic E-state index is 13.3. The molecule has 3 aromatic carbocycles. The highest BCUT2D eigenvalue weighted by atomic mass is 32.2. The minimum atomic E-state index is -0.419. The Kier molecular flexibility index (Phi) is 5.08. The molecule has 4 rings (SSSR count). The van der Waals surface area contributed by atoms with Crippen molar-refractivity contribution in [3.63, 3.8) is 0 Å². The van der Waals surface area contributed by atoms with E-state index in [2.05, 4.69) is 0 Å². The predicted octanol–water partition coefficient (Wildman–Crippen LogP) is 5.04. The zero-order valence-electron chi connectivity index (χ0n) is 14.8. The van der Waals surface area contributed by atoms with Gasteiger partial charge in [-0.05, 0) is 35.4 Å². The summed E-state index contributed by atoms with van der Waals surface area (Å²) in [7, 11) is 0. The second kappa shape index (κ2) is 7.82. The SMILES string of the molecule is O=C1C(SCc2ccccc2)=C(c2ccccc2)C(=O)N1c1ccc(F)cc1. The first-order valence-corrected chi connectivity index (χ1v) is 9.74. The molecule has 0 atom stereocenters. The summed E-state index contributed by atoms with van der Waals surface area (Å²) in [6.07, 6.45) is 0. The van der Waals surface area contributed by atoms with Gasteiger partial charge in [0.05, 0.1) is 16.2 Å². The largest absolute Gasteiger partial charge is 0.272 e. The predicted molar refractivity (Wildman–Crippen MR) is 110 cm³/mol. The van der Waals surface area contributed by atoms with E-state index in [1.54, 1.807) is 0 Å². The number of nitrogens with zero attached hydrogens (tertiary/aromatic N) is 1. The molecule has 0 saturated heterocycles. The number of imide groups is 1. The topological polar surface area (TPSA) is 37.4 Å². The molecule has 3 aromatic rings. The van der Waals surface area contributed by atoms with Crippen LogP contribution < -0.4 is 4.90 Å². The number of rotatable bonds is 5. The summed E-state index contributed by atoms with van der Waals surface area (Å²) in [6.45, 7) is 0. The molecule has 138 valence electrons. The average molecular weight is 389 g/mol. The number of hydrogen-bond acceptors (Lipinski definition) is 3. The van der Waals surface area contributed by atoms with E-state index >= 15 is 0 Å². The van der Waals surface area contributed by atoms with Gasteiger partial charge in [0.15, 0.2) is 0 Å². The van der Waals surface area contributed by atoms with Gasteiger partial charge in [-0.3, -0.25) is 9.59 Å². The maximum Gasteiger partial charge on any atom is 0.272 e. The van der Waals surface area contributed by atoms with Gasteiger partial charge in [-0.25, -0.2) is 9.29 Å². The van der Waals surface area contributed by atoms with Crippen LogP contribution in [0.25, 0.3) is 5.57 Å².